The average molecular weight is 375 g/mol. The van der Waals surface area contributed by atoms with Crippen LogP contribution in [0.15, 0.2) is 30.3 Å². The van der Waals surface area contributed by atoms with Gasteiger partial charge in [-0.15, -0.1) is 10.2 Å². The number of hydrogen-bond donors (Lipinski definition) is 1. The Labute approximate surface area is 152 Å². The number of rotatable bonds is 4. The van der Waals surface area contributed by atoms with Crippen LogP contribution >= 0.6 is 0 Å². The number of fused-ring (bicyclic) bond motifs is 2. The van der Waals surface area contributed by atoms with Crippen molar-refractivity contribution in [2.75, 3.05) is 24.2 Å². The van der Waals surface area contributed by atoms with Gasteiger partial charge in [-0.25, -0.2) is 12.7 Å². The fourth-order valence-corrected chi connectivity index (χ4v) is 4.97. The maximum absolute atomic E-state index is 12.6. The summed E-state index contributed by atoms with van der Waals surface area (Å²) in [6.07, 6.45) is 0.645. The van der Waals surface area contributed by atoms with Crippen molar-refractivity contribution in [3.05, 3.63) is 42.0 Å². The van der Waals surface area contributed by atoms with E-state index in [4.69, 9.17) is 0 Å². The van der Waals surface area contributed by atoms with Crippen LogP contribution in [0.5, 0.6) is 0 Å². The van der Waals surface area contributed by atoms with E-state index in [0.29, 0.717) is 31.7 Å². The van der Waals surface area contributed by atoms with Crippen LogP contribution in [0.1, 0.15) is 23.4 Å². The van der Waals surface area contributed by atoms with E-state index < -0.39 is 10.0 Å². The summed E-state index contributed by atoms with van der Waals surface area (Å²) in [5.41, 5.74) is 0.699. The minimum Gasteiger partial charge on any atom is -0.319 e. The lowest BCUT2D eigenvalue weighted by atomic mass is 9.89. The zero-order chi connectivity index (χ0) is 18.3. The van der Waals surface area contributed by atoms with Gasteiger partial charge >= 0.3 is 0 Å². The van der Waals surface area contributed by atoms with Gasteiger partial charge in [0, 0.05) is 31.7 Å². The highest BCUT2D eigenvalue weighted by atomic mass is 32.2. The summed E-state index contributed by atoms with van der Waals surface area (Å²) < 4.78 is 27.7. The zero-order valence-electron chi connectivity index (χ0n) is 14.5. The van der Waals surface area contributed by atoms with Crippen molar-refractivity contribution in [1.82, 2.24) is 19.1 Å². The van der Waals surface area contributed by atoms with Crippen molar-refractivity contribution in [2.24, 2.45) is 11.8 Å². The number of anilines is 1. The fraction of sp³-hybridized carbons (Fsp3) is 0.471. The van der Waals surface area contributed by atoms with Gasteiger partial charge in [-0.1, -0.05) is 18.2 Å². The van der Waals surface area contributed by atoms with Gasteiger partial charge in [-0.3, -0.25) is 4.79 Å². The molecule has 9 heteroatoms. The Balaban J connectivity index is 1.53. The molecule has 0 saturated carbocycles. The number of para-hydroxylation sites is 1. The topological polar surface area (TPSA) is 97.2 Å². The van der Waals surface area contributed by atoms with Crippen molar-refractivity contribution < 1.29 is 13.2 Å². The first-order valence-corrected chi connectivity index (χ1v) is 10.3. The maximum atomic E-state index is 12.6. The molecule has 1 fully saturated rings. The van der Waals surface area contributed by atoms with Crippen LogP contribution in [0.25, 0.3) is 0 Å². The molecule has 0 radical (unpaired) electrons. The summed E-state index contributed by atoms with van der Waals surface area (Å²) in [6.45, 7) is 3.26. The second-order valence-electron chi connectivity index (χ2n) is 6.81. The molecule has 1 aromatic heterocycles. The predicted octanol–water partition coefficient (Wildman–Crippen LogP) is 0.984. The molecule has 2 aliphatic rings. The second-order valence-corrected chi connectivity index (χ2v) is 9.07. The monoisotopic (exact) mass is 375 g/mol. The Bertz CT molecular complexity index is 925. The molecule has 3 heterocycles. The molecule has 2 atom stereocenters. The van der Waals surface area contributed by atoms with Crippen LogP contribution < -0.4 is 5.32 Å². The first-order chi connectivity index (χ1) is 12.5. The molecule has 138 valence electrons. The number of carbonyl (C=O) groups excluding carboxylic acids is 1. The van der Waals surface area contributed by atoms with E-state index in [9.17, 15) is 13.2 Å². The summed E-state index contributed by atoms with van der Waals surface area (Å²) in [6, 6.07) is 9.20. The summed E-state index contributed by atoms with van der Waals surface area (Å²) in [5, 5.41) is 11.1. The quantitative estimate of drug-likeness (QED) is 0.859. The van der Waals surface area contributed by atoms with Crippen molar-refractivity contribution in [1.29, 1.82) is 0 Å². The number of nitrogens with one attached hydrogen (secondary N) is 1. The van der Waals surface area contributed by atoms with E-state index >= 15 is 0 Å². The van der Waals surface area contributed by atoms with Gasteiger partial charge in [-0.2, -0.15) is 0 Å². The molecule has 2 aliphatic heterocycles. The Hall–Kier alpha value is -2.26. The molecular formula is C17H21N5O3S. The smallest absolute Gasteiger partial charge is 0.293 e. The molecule has 2 aromatic rings. The minimum atomic E-state index is -3.18. The average Bonchev–Trinajstić information content (AvgIpc) is 3.24. The van der Waals surface area contributed by atoms with Gasteiger partial charge in [0.05, 0.1) is 5.75 Å². The van der Waals surface area contributed by atoms with Crippen LogP contribution in [0, 0.1) is 11.8 Å². The number of benzene rings is 1. The minimum absolute atomic E-state index is 0.114. The Morgan fingerprint density at radius 2 is 1.88 bits per heavy atom. The van der Waals surface area contributed by atoms with E-state index in [1.54, 1.807) is 11.2 Å². The standard InChI is InChI=1S/C17H21N5O3S/c1-2-26(24,25)21-9-12-8-15-19-20-16(22(15)11-13(12)10-21)17(23)18-14-6-4-3-5-7-14/h3-7,12-13H,2,8-11H2,1H3,(H,18,23)/t12-,13+/m0/s1. The highest BCUT2D eigenvalue weighted by Gasteiger charge is 2.42. The molecule has 1 aromatic carbocycles. The first kappa shape index (κ1) is 17.2. The molecule has 4 rings (SSSR count). The van der Waals surface area contributed by atoms with Crippen molar-refractivity contribution >= 4 is 21.6 Å². The fourth-order valence-electron chi connectivity index (χ4n) is 3.77. The maximum Gasteiger partial charge on any atom is 0.293 e. The van der Waals surface area contributed by atoms with Crippen LogP contribution in [0.3, 0.4) is 0 Å². The third kappa shape index (κ3) is 3.01. The van der Waals surface area contributed by atoms with Gasteiger partial charge in [0.25, 0.3) is 5.91 Å². The van der Waals surface area contributed by atoms with Gasteiger partial charge in [0.2, 0.25) is 15.8 Å². The molecule has 0 unspecified atom stereocenters. The Morgan fingerprint density at radius 1 is 1.15 bits per heavy atom. The molecule has 1 saturated heterocycles. The second kappa shape index (κ2) is 6.48. The van der Waals surface area contributed by atoms with Crippen LogP contribution in [0.4, 0.5) is 5.69 Å². The molecule has 1 amide bonds. The van der Waals surface area contributed by atoms with Crippen molar-refractivity contribution in [3.63, 3.8) is 0 Å². The molecule has 1 N–H and O–H groups in total. The number of hydrogen-bond acceptors (Lipinski definition) is 5. The van der Waals surface area contributed by atoms with Crippen LogP contribution in [-0.2, 0) is 23.0 Å². The van der Waals surface area contributed by atoms with E-state index in [0.717, 1.165) is 5.82 Å². The largest absolute Gasteiger partial charge is 0.319 e. The predicted molar refractivity (Wildman–Crippen MR) is 96.1 cm³/mol. The van der Waals surface area contributed by atoms with E-state index in [2.05, 4.69) is 15.5 Å². The molecule has 0 aliphatic carbocycles. The third-order valence-corrected chi connectivity index (χ3v) is 7.04. The zero-order valence-corrected chi connectivity index (χ0v) is 15.3. The molecule has 0 spiro atoms. The van der Waals surface area contributed by atoms with E-state index in [-0.39, 0.29) is 29.3 Å². The first-order valence-electron chi connectivity index (χ1n) is 8.74. The summed E-state index contributed by atoms with van der Waals surface area (Å²) in [5.74, 6) is 1.26. The number of sulfonamides is 1. The summed E-state index contributed by atoms with van der Waals surface area (Å²) in [7, 11) is -3.18. The van der Waals surface area contributed by atoms with Crippen molar-refractivity contribution in [2.45, 2.75) is 19.9 Å². The molecule has 26 heavy (non-hydrogen) atoms. The van der Waals surface area contributed by atoms with Gasteiger partial charge in [-0.05, 0) is 30.9 Å². The third-order valence-electron chi connectivity index (χ3n) is 5.23. The number of nitrogens with zero attached hydrogens (tertiary/aromatic N) is 4. The van der Waals surface area contributed by atoms with Crippen LogP contribution in [-0.4, -0.2) is 52.2 Å². The van der Waals surface area contributed by atoms with Crippen molar-refractivity contribution in [3.8, 4) is 0 Å². The van der Waals surface area contributed by atoms with E-state index in [1.165, 1.54) is 0 Å². The van der Waals surface area contributed by atoms with Gasteiger partial charge < -0.3 is 9.88 Å². The molecule has 8 nitrogen and oxygen atoms in total. The normalized spacial score (nSPS) is 22.7. The number of carbonyl (C=O) groups is 1. The van der Waals surface area contributed by atoms with Gasteiger partial charge in [0.1, 0.15) is 5.82 Å². The number of amides is 1. The summed E-state index contributed by atoms with van der Waals surface area (Å²) >= 11 is 0. The highest BCUT2D eigenvalue weighted by molar-refractivity contribution is 7.89. The Morgan fingerprint density at radius 3 is 2.62 bits per heavy atom. The lowest BCUT2D eigenvalue weighted by molar-refractivity contribution is 0.100. The highest BCUT2D eigenvalue weighted by Crippen LogP contribution is 2.34. The SMILES string of the molecule is CCS(=O)(=O)N1C[C@@H]2Cn3c(nnc3C(=O)Nc3ccccc3)C[C@H]2C1. The lowest BCUT2D eigenvalue weighted by Crippen LogP contribution is -2.31. The number of aromatic nitrogens is 3. The van der Waals surface area contributed by atoms with Crippen LogP contribution in [0.2, 0.25) is 0 Å². The Kier molecular flexibility index (Phi) is 4.28. The van der Waals surface area contributed by atoms with E-state index in [1.807, 2.05) is 34.9 Å². The molecule has 0 bridgehead atoms. The lowest BCUT2D eigenvalue weighted by Gasteiger charge is -2.25. The summed E-state index contributed by atoms with van der Waals surface area (Å²) in [4.78, 5) is 12.6. The molecular weight excluding hydrogens is 354 g/mol. The van der Waals surface area contributed by atoms with Gasteiger partial charge in [0.15, 0.2) is 0 Å².